The first-order chi connectivity index (χ1) is 9.01. The van der Waals surface area contributed by atoms with Gasteiger partial charge in [0, 0.05) is 11.6 Å². The Morgan fingerprint density at radius 3 is 2.89 bits per heavy atom. The summed E-state index contributed by atoms with van der Waals surface area (Å²) in [6, 6.07) is 5.77. The molecule has 98 valence electrons. The average Bonchev–Trinajstić information content (AvgIpc) is 2.95. The molecule has 6 heteroatoms. The molecule has 0 aliphatic rings. The lowest BCUT2D eigenvalue weighted by Gasteiger charge is -2.25. The summed E-state index contributed by atoms with van der Waals surface area (Å²) in [7, 11) is 0. The number of H-pyrrole nitrogens is 1. The highest BCUT2D eigenvalue weighted by molar-refractivity contribution is 7.71. The quantitative estimate of drug-likeness (QED) is 0.702. The monoisotopic (exact) mass is 309 g/mol. The van der Waals surface area contributed by atoms with Crippen LogP contribution in [0.25, 0.3) is 11.0 Å². The van der Waals surface area contributed by atoms with Crippen LogP contribution in [-0.4, -0.2) is 14.5 Å². The summed E-state index contributed by atoms with van der Waals surface area (Å²) in [6.45, 7) is 4.19. The van der Waals surface area contributed by atoms with E-state index in [1.54, 1.807) is 11.3 Å². The van der Waals surface area contributed by atoms with Crippen molar-refractivity contribution in [3.63, 3.8) is 0 Å². The van der Waals surface area contributed by atoms with Crippen LogP contribution in [0.15, 0.2) is 29.8 Å². The lowest BCUT2D eigenvalue weighted by molar-refractivity contribution is 0.441. The minimum atomic E-state index is -0.339. The molecule has 19 heavy (non-hydrogen) atoms. The fourth-order valence-electron chi connectivity index (χ4n) is 2.27. The molecule has 0 saturated heterocycles. The molecule has 0 amide bonds. The second-order valence-corrected chi connectivity index (χ2v) is 6.49. The maximum Gasteiger partial charge on any atom is 0.178 e. The van der Waals surface area contributed by atoms with Gasteiger partial charge in [-0.25, -0.2) is 4.98 Å². The number of fused-ring (bicyclic) bond motifs is 1. The van der Waals surface area contributed by atoms with Crippen molar-refractivity contribution in [3.05, 3.63) is 44.6 Å². The molecule has 0 unspecified atom stereocenters. The zero-order chi connectivity index (χ0) is 13.6. The second kappa shape index (κ2) is 4.44. The first-order valence-corrected chi connectivity index (χ1v) is 7.48. The van der Waals surface area contributed by atoms with Crippen LogP contribution in [0.4, 0.5) is 0 Å². The number of aromatic nitrogens is 3. The van der Waals surface area contributed by atoms with Gasteiger partial charge in [0.15, 0.2) is 4.77 Å². The van der Waals surface area contributed by atoms with Gasteiger partial charge in [0.05, 0.1) is 21.6 Å². The van der Waals surface area contributed by atoms with Crippen molar-refractivity contribution in [2.75, 3.05) is 0 Å². The molecular weight excluding hydrogens is 298 g/mol. The molecule has 0 fully saturated rings. The molecule has 0 aliphatic carbocycles. The first-order valence-electron chi connectivity index (χ1n) is 5.81. The largest absolute Gasteiger partial charge is 0.330 e. The Morgan fingerprint density at radius 1 is 1.42 bits per heavy atom. The number of aromatic amines is 1. The minimum Gasteiger partial charge on any atom is -0.330 e. The highest BCUT2D eigenvalue weighted by atomic mass is 35.5. The third kappa shape index (κ3) is 1.93. The molecule has 0 saturated carbocycles. The highest BCUT2D eigenvalue weighted by Crippen LogP contribution is 2.33. The summed E-state index contributed by atoms with van der Waals surface area (Å²) in [5.41, 5.74) is 1.53. The molecule has 0 aliphatic heterocycles. The van der Waals surface area contributed by atoms with Crippen molar-refractivity contribution in [1.82, 2.24) is 14.5 Å². The number of thiazole rings is 1. The van der Waals surface area contributed by atoms with Crippen molar-refractivity contribution in [1.29, 1.82) is 0 Å². The van der Waals surface area contributed by atoms with E-state index in [4.69, 9.17) is 23.8 Å². The van der Waals surface area contributed by atoms with Gasteiger partial charge in [-0.2, -0.15) is 0 Å². The lowest BCUT2D eigenvalue weighted by atomic mass is 10.1. The van der Waals surface area contributed by atoms with E-state index in [-0.39, 0.29) is 5.54 Å². The summed E-state index contributed by atoms with van der Waals surface area (Å²) in [5, 5.41) is 3.66. The Balaban J connectivity index is 2.37. The van der Waals surface area contributed by atoms with Crippen molar-refractivity contribution < 1.29 is 0 Å². The molecule has 1 N–H and O–H groups in total. The fourth-order valence-corrected chi connectivity index (χ4v) is 3.71. The fraction of sp³-hybridized carbons (Fsp3) is 0.231. The molecule has 2 aromatic heterocycles. The smallest absolute Gasteiger partial charge is 0.178 e. The van der Waals surface area contributed by atoms with Gasteiger partial charge < -0.3 is 9.55 Å². The van der Waals surface area contributed by atoms with Crippen LogP contribution in [0.2, 0.25) is 5.02 Å². The van der Waals surface area contributed by atoms with Crippen molar-refractivity contribution >= 4 is 46.2 Å². The van der Waals surface area contributed by atoms with E-state index in [9.17, 15) is 0 Å². The number of hydrogen-bond donors (Lipinski definition) is 1. The van der Waals surface area contributed by atoms with Crippen LogP contribution in [0.5, 0.6) is 0 Å². The normalized spacial score (nSPS) is 12.2. The highest BCUT2D eigenvalue weighted by Gasteiger charge is 2.29. The number of nitrogens with one attached hydrogen (secondary N) is 1. The molecule has 3 aromatic rings. The lowest BCUT2D eigenvalue weighted by Crippen LogP contribution is -2.27. The van der Waals surface area contributed by atoms with Gasteiger partial charge in [-0.05, 0) is 38.2 Å². The number of benzene rings is 1. The molecule has 0 atom stereocenters. The van der Waals surface area contributed by atoms with E-state index < -0.39 is 0 Å². The summed E-state index contributed by atoms with van der Waals surface area (Å²) in [4.78, 5) is 7.62. The molecule has 3 rings (SSSR count). The topological polar surface area (TPSA) is 33.6 Å². The molecular formula is C13H12ClN3S2. The first kappa shape index (κ1) is 12.8. The maximum absolute atomic E-state index is 6.34. The number of halogens is 1. The predicted octanol–water partition coefficient (Wildman–Crippen LogP) is 4.59. The Morgan fingerprint density at radius 2 is 2.21 bits per heavy atom. The van der Waals surface area contributed by atoms with Crippen LogP contribution < -0.4 is 0 Å². The van der Waals surface area contributed by atoms with Crippen LogP contribution in [0.1, 0.15) is 18.9 Å². The maximum atomic E-state index is 6.34. The van der Waals surface area contributed by atoms with E-state index in [2.05, 4.69) is 23.8 Å². The van der Waals surface area contributed by atoms with E-state index in [1.165, 1.54) is 0 Å². The molecule has 3 nitrogen and oxygen atoms in total. The number of para-hydroxylation sites is 1. The number of rotatable bonds is 2. The Labute approximate surface area is 124 Å². The van der Waals surface area contributed by atoms with Crippen LogP contribution >= 0.6 is 35.2 Å². The summed E-state index contributed by atoms with van der Waals surface area (Å²) >= 11 is 13.4. The molecule has 0 spiro atoms. The SMILES string of the molecule is CC(C)(c1nccs1)n1c(=S)[nH]c2cccc(Cl)c21. The van der Waals surface area contributed by atoms with Gasteiger partial charge >= 0.3 is 0 Å². The molecule has 0 bridgehead atoms. The zero-order valence-electron chi connectivity index (χ0n) is 10.5. The predicted molar refractivity (Wildman–Crippen MR) is 82.7 cm³/mol. The van der Waals surface area contributed by atoms with E-state index in [0.717, 1.165) is 16.0 Å². The summed E-state index contributed by atoms with van der Waals surface area (Å²) < 4.78 is 2.70. The zero-order valence-corrected chi connectivity index (χ0v) is 12.9. The van der Waals surface area contributed by atoms with Gasteiger partial charge in [0.25, 0.3) is 0 Å². The van der Waals surface area contributed by atoms with Crippen LogP contribution in [0, 0.1) is 4.77 Å². The second-order valence-electron chi connectivity index (χ2n) is 4.80. The standard InChI is InChI=1S/C13H12ClN3S2/c1-13(2,11-15-6-7-19-11)17-10-8(14)4-3-5-9(10)16-12(17)18/h3-7H,1-2H3,(H,16,18). The van der Waals surface area contributed by atoms with Gasteiger partial charge in [0.2, 0.25) is 0 Å². The average molecular weight is 310 g/mol. The van der Waals surface area contributed by atoms with Gasteiger partial charge in [-0.15, -0.1) is 11.3 Å². The van der Waals surface area contributed by atoms with Gasteiger partial charge in [0.1, 0.15) is 5.01 Å². The number of imidazole rings is 1. The Bertz CT molecular complexity index is 784. The van der Waals surface area contributed by atoms with E-state index in [1.807, 2.05) is 34.3 Å². The van der Waals surface area contributed by atoms with Crippen molar-refractivity contribution in [2.24, 2.45) is 0 Å². The van der Waals surface area contributed by atoms with Gasteiger partial charge in [-0.3, -0.25) is 0 Å². The van der Waals surface area contributed by atoms with E-state index >= 15 is 0 Å². The van der Waals surface area contributed by atoms with Crippen molar-refractivity contribution in [3.8, 4) is 0 Å². The number of nitrogens with zero attached hydrogens (tertiary/aromatic N) is 2. The Hall–Kier alpha value is -1.17. The molecule has 2 heterocycles. The third-order valence-corrected chi connectivity index (χ3v) is 4.85. The van der Waals surface area contributed by atoms with Gasteiger partial charge in [-0.1, -0.05) is 17.7 Å². The summed E-state index contributed by atoms with van der Waals surface area (Å²) in [6.07, 6.45) is 1.81. The molecule has 0 radical (unpaired) electrons. The van der Waals surface area contributed by atoms with Crippen molar-refractivity contribution in [2.45, 2.75) is 19.4 Å². The third-order valence-electron chi connectivity index (χ3n) is 3.17. The number of hydrogen-bond acceptors (Lipinski definition) is 3. The molecule has 1 aromatic carbocycles. The van der Waals surface area contributed by atoms with Crippen LogP contribution in [-0.2, 0) is 5.54 Å². The minimum absolute atomic E-state index is 0.339. The van der Waals surface area contributed by atoms with Crippen LogP contribution in [0.3, 0.4) is 0 Å². The van der Waals surface area contributed by atoms with E-state index in [0.29, 0.717) is 9.79 Å². The summed E-state index contributed by atoms with van der Waals surface area (Å²) in [5.74, 6) is 0. The Kier molecular flexibility index (Phi) is 3.00.